The summed E-state index contributed by atoms with van der Waals surface area (Å²) < 4.78 is 0. The Morgan fingerprint density at radius 3 is 0.890 bits per heavy atom. The fraction of sp³-hybridized carbons (Fsp3) is 0.542. The van der Waals surface area contributed by atoms with Crippen molar-refractivity contribution in [3.05, 3.63) is 138 Å². The van der Waals surface area contributed by atoms with Gasteiger partial charge in [0.1, 0.15) is 84.3 Å². The number of carboxylic acid groups (broad SMARTS) is 1. The molecule has 35 heteroatoms. The van der Waals surface area contributed by atoms with Crippen LogP contribution in [0.2, 0.25) is 0 Å². The first-order valence-corrected chi connectivity index (χ1v) is 40.4. The summed E-state index contributed by atoms with van der Waals surface area (Å²) in [5.41, 5.74) is 31.3. The van der Waals surface area contributed by atoms with Crippen molar-refractivity contribution >= 4 is 82.8 Å². The number of amides is 13. The van der Waals surface area contributed by atoms with Gasteiger partial charge in [0.25, 0.3) is 0 Å². The van der Waals surface area contributed by atoms with E-state index in [0.29, 0.717) is 93.1 Å². The third kappa shape index (κ3) is 35.5. The number of carboxylic acids is 1. The van der Waals surface area contributed by atoms with Crippen molar-refractivity contribution < 1.29 is 82.4 Å². The predicted octanol–water partition coefficient (Wildman–Crippen LogP) is -1.35. The van der Waals surface area contributed by atoms with Crippen molar-refractivity contribution in [3.63, 3.8) is 0 Å². The van der Waals surface area contributed by atoms with Gasteiger partial charge in [-0.05, 0) is 171 Å². The maximum atomic E-state index is 14.9. The number of aliphatic hydroxyl groups excluding tert-OH is 1. The monoisotopic (exact) mass is 1650 g/mol. The molecular formula is C83H126N18O17. The summed E-state index contributed by atoms with van der Waals surface area (Å²) in [4.78, 5) is 197. The van der Waals surface area contributed by atoms with E-state index in [-0.39, 0.29) is 63.8 Å². The fourth-order valence-corrected chi connectivity index (χ4v) is 12.5. The lowest BCUT2D eigenvalue weighted by Gasteiger charge is -2.30. The normalized spacial score (nSPS) is 15.1. The molecule has 0 fully saturated rings. The number of nitrogens with one attached hydrogen (secondary N) is 13. The Hall–Kier alpha value is -11.0. The number of hydrogen-bond acceptors (Lipinski definition) is 21. The maximum absolute atomic E-state index is 14.9. The molecule has 0 spiro atoms. The summed E-state index contributed by atoms with van der Waals surface area (Å²) >= 11 is 0. The van der Waals surface area contributed by atoms with Crippen LogP contribution in [0.25, 0.3) is 0 Å². The molecule has 13 amide bonds. The second-order valence-corrected chi connectivity index (χ2v) is 30.3. The van der Waals surface area contributed by atoms with Crippen LogP contribution < -0.4 is 97.8 Å². The number of aliphatic carboxylic acids is 1. The summed E-state index contributed by atoms with van der Waals surface area (Å²) in [5.74, 6) is -13.7. The van der Waals surface area contributed by atoms with Gasteiger partial charge in [-0.2, -0.15) is 0 Å². The molecule has 0 saturated heterocycles. The lowest BCUT2D eigenvalue weighted by atomic mass is 9.98. The van der Waals surface area contributed by atoms with Crippen LogP contribution in [0.15, 0.2) is 115 Å². The molecule has 0 unspecified atom stereocenters. The molecule has 118 heavy (non-hydrogen) atoms. The number of benzene rings is 4. The lowest BCUT2D eigenvalue weighted by molar-refractivity contribution is -0.141. The first-order chi connectivity index (χ1) is 56.1. The standard InChI is InChI=1S/C83H126N18O17/c1-48(2)67(100-81(115)68(49(3)4)99-75(109)62(35-21-25-43-87)94-74(108)61(34-20-24-42-86)93-73(107)60(33-19-23-41-85)92-72(106)59(88)32-18-22-40-84)80(114)90-50(5)70(104)89-51(6)71(105)101-69(53(8)102)82(116)98-66(47-57-36-38-58(103)39-37-57)79(113)97-65(46-56-30-16-11-17-31-56)78(112)96-64(45-55-28-14-10-15-29-55)77(111)95-63(44-54-26-12-9-13-27-54)76(110)91-52(7)83(117)118/h9-17,26-31,36-39,48-53,59-69,102-103H,18-25,32-35,40-47,84-88H2,1-8H3,(H,89,104)(H,90,114)(H,91,110)(H,92,106)(H,93,107)(H,94,108)(H,95,111)(H,96,112)(H,97,113)(H,98,116)(H,99,109)(H,100,115)(H,101,105)(H,117,118)/t50-,51-,52-,53+,59-,60-,61-,62-,63-,64-,65-,66-,67-,68-,69-/m0/s1. The van der Waals surface area contributed by atoms with Gasteiger partial charge in [-0.3, -0.25) is 67.1 Å². The largest absolute Gasteiger partial charge is 0.508 e. The zero-order valence-electron chi connectivity index (χ0n) is 68.9. The molecule has 650 valence electrons. The number of aromatic hydroxyl groups is 1. The summed E-state index contributed by atoms with van der Waals surface area (Å²) in [6.07, 6.45) is 2.20. The Balaban J connectivity index is 1.53. The Morgan fingerprint density at radius 2 is 0.542 bits per heavy atom. The summed E-state index contributed by atoms with van der Waals surface area (Å²) in [5, 5.41) is 65.2. The number of unbranched alkanes of at least 4 members (excludes halogenated alkanes) is 4. The van der Waals surface area contributed by atoms with Crippen molar-refractivity contribution in [3.8, 4) is 5.75 Å². The SMILES string of the molecule is CC(C)[C@H](NC(=O)[C@H](CCCCN)NC(=O)[C@H](CCCCN)NC(=O)[C@H](CCCCN)NC(=O)[C@@H](N)CCCCN)C(=O)N[C@H](C(=O)N[C@@H](C)C(=O)N[C@@H](C)C(=O)N[C@H](C(=O)N[C@@H](Cc1ccc(O)cc1)C(=O)N[C@@H](Cc1ccccc1)C(=O)N[C@@H](Cc1ccccc1)C(=O)N[C@@H](Cc1ccccc1)C(=O)N[C@@H](C)C(=O)O)[C@@H](C)O)C(C)C. The molecular weight excluding hydrogens is 1520 g/mol. The van der Waals surface area contributed by atoms with E-state index in [0.717, 1.165) is 0 Å². The van der Waals surface area contributed by atoms with Gasteiger partial charge in [0.05, 0.1) is 12.1 Å². The van der Waals surface area contributed by atoms with Crippen LogP contribution in [0.1, 0.15) is 155 Å². The molecule has 0 aliphatic carbocycles. The molecule has 26 N–H and O–H groups in total. The topological polar surface area (TPSA) is 586 Å². The van der Waals surface area contributed by atoms with Crippen LogP contribution in [-0.2, 0) is 92.8 Å². The number of aliphatic hydroxyl groups is 1. The molecule has 0 aromatic heterocycles. The molecule has 0 aliphatic heterocycles. The van der Waals surface area contributed by atoms with Gasteiger partial charge >= 0.3 is 5.97 Å². The molecule has 0 saturated carbocycles. The quantitative estimate of drug-likeness (QED) is 0.0227. The second-order valence-electron chi connectivity index (χ2n) is 30.3. The Kier molecular flexibility index (Phi) is 44.3. The minimum Gasteiger partial charge on any atom is -0.508 e. The highest BCUT2D eigenvalue weighted by atomic mass is 16.4. The van der Waals surface area contributed by atoms with Crippen molar-refractivity contribution in [2.24, 2.45) is 40.5 Å². The van der Waals surface area contributed by atoms with Crippen molar-refractivity contribution in [2.75, 3.05) is 26.2 Å². The Bertz CT molecular complexity index is 3860. The number of hydrogen-bond donors (Lipinski definition) is 21. The van der Waals surface area contributed by atoms with Gasteiger partial charge in [0, 0.05) is 25.7 Å². The van der Waals surface area contributed by atoms with Crippen molar-refractivity contribution in [2.45, 2.75) is 249 Å². The Morgan fingerprint density at radius 1 is 0.288 bits per heavy atom. The third-order valence-electron chi connectivity index (χ3n) is 19.6. The van der Waals surface area contributed by atoms with E-state index >= 15 is 0 Å². The van der Waals surface area contributed by atoms with E-state index < -0.39 is 185 Å². The number of carbonyl (C=O) groups is 14. The fourth-order valence-electron chi connectivity index (χ4n) is 12.5. The van der Waals surface area contributed by atoms with E-state index in [1.54, 1.807) is 119 Å². The van der Waals surface area contributed by atoms with Crippen LogP contribution in [0, 0.1) is 11.8 Å². The zero-order valence-corrected chi connectivity index (χ0v) is 68.9. The average molecular weight is 1650 g/mol. The van der Waals surface area contributed by atoms with Gasteiger partial charge < -0.3 is 113 Å². The van der Waals surface area contributed by atoms with Crippen LogP contribution >= 0.6 is 0 Å². The number of rotatable bonds is 54. The van der Waals surface area contributed by atoms with E-state index in [1.807, 2.05) is 0 Å². The molecule has 4 rings (SSSR count). The number of phenols is 1. The molecule has 35 nitrogen and oxygen atoms in total. The summed E-state index contributed by atoms with van der Waals surface area (Å²) in [7, 11) is 0. The minimum atomic E-state index is -1.83. The van der Waals surface area contributed by atoms with Gasteiger partial charge in [-0.1, -0.05) is 137 Å². The molecule has 15 atom stereocenters. The average Bonchev–Trinajstić information content (AvgIpc) is 0.835. The van der Waals surface area contributed by atoms with E-state index in [9.17, 15) is 82.4 Å². The molecule has 0 bridgehead atoms. The molecule has 0 aliphatic rings. The highest BCUT2D eigenvalue weighted by Gasteiger charge is 2.39. The molecule has 4 aromatic rings. The van der Waals surface area contributed by atoms with Gasteiger partial charge in [-0.25, -0.2) is 0 Å². The minimum absolute atomic E-state index is 0.0552. The van der Waals surface area contributed by atoms with Gasteiger partial charge in [-0.15, -0.1) is 0 Å². The molecule has 4 aromatic carbocycles. The number of nitrogens with two attached hydrogens (primary N) is 5. The highest BCUT2D eigenvalue weighted by Crippen LogP contribution is 2.17. The highest BCUT2D eigenvalue weighted by molar-refractivity contribution is 6.00. The Labute approximate surface area is 690 Å². The van der Waals surface area contributed by atoms with Crippen LogP contribution in [0.5, 0.6) is 5.75 Å². The molecule has 0 heterocycles. The van der Waals surface area contributed by atoms with Crippen molar-refractivity contribution in [1.29, 1.82) is 0 Å². The first-order valence-electron chi connectivity index (χ1n) is 40.4. The smallest absolute Gasteiger partial charge is 0.325 e. The predicted molar refractivity (Wildman–Crippen MR) is 443 cm³/mol. The van der Waals surface area contributed by atoms with Gasteiger partial charge in [0.2, 0.25) is 76.8 Å². The van der Waals surface area contributed by atoms with E-state index in [4.69, 9.17) is 28.7 Å². The van der Waals surface area contributed by atoms with Crippen LogP contribution in [-0.4, -0.2) is 215 Å². The lowest BCUT2D eigenvalue weighted by Crippen LogP contribution is -2.62. The number of carbonyl (C=O) groups excluding carboxylic acids is 13. The van der Waals surface area contributed by atoms with Gasteiger partial charge in [0.15, 0.2) is 0 Å². The number of phenolic OH excluding ortho intramolecular Hbond substituents is 1. The maximum Gasteiger partial charge on any atom is 0.325 e. The third-order valence-corrected chi connectivity index (χ3v) is 19.6. The summed E-state index contributed by atoms with van der Waals surface area (Å²) in [6, 6.07) is 12.1. The zero-order chi connectivity index (χ0) is 87.6. The van der Waals surface area contributed by atoms with Crippen LogP contribution in [0.3, 0.4) is 0 Å². The summed E-state index contributed by atoms with van der Waals surface area (Å²) in [6.45, 7) is 12.8. The van der Waals surface area contributed by atoms with Crippen molar-refractivity contribution in [1.82, 2.24) is 69.1 Å². The van der Waals surface area contributed by atoms with Crippen LogP contribution in [0.4, 0.5) is 0 Å². The molecule has 0 radical (unpaired) electrons. The second kappa shape index (κ2) is 52.7. The first kappa shape index (κ1) is 99.4. The van der Waals surface area contributed by atoms with E-state index in [2.05, 4.69) is 69.1 Å². The van der Waals surface area contributed by atoms with E-state index in [1.165, 1.54) is 52.0 Å².